The molecule has 0 spiro atoms. The van der Waals surface area contributed by atoms with Gasteiger partial charge in [0.1, 0.15) is 0 Å². The quantitative estimate of drug-likeness (QED) is 0.883. The number of hydrogen-bond acceptors (Lipinski definition) is 2. The average Bonchev–Trinajstić information content (AvgIpc) is 2.47. The van der Waals surface area contributed by atoms with Crippen molar-refractivity contribution in [2.45, 2.75) is 31.7 Å². The van der Waals surface area contributed by atoms with Crippen LogP contribution in [-0.2, 0) is 10.2 Å². The van der Waals surface area contributed by atoms with E-state index in [1.54, 1.807) is 0 Å². The first-order chi connectivity index (χ1) is 9.93. The predicted molar refractivity (Wildman–Crippen MR) is 85.1 cm³/mol. The van der Waals surface area contributed by atoms with E-state index in [1.807, 2.05) is 56.3 Å². The first kappa shape index (κ1) is 15.3. The van der Waals surface area contributed by atoms with Crippen LogP contribution in [0, 0.1) is 0 Å². The fourth-order valence-electron chi connectivity index (χ4n) is 2.51. The van der Waals surface area contributed by atoms with Crippen LogP contribution >= 0.6 is 0 Å². The van der Waals surface area contributed by atoms with Gasteiger partial charge in [-0.3, -0.25) is 4.79 Å². The molecule has 0 heterocycles. The molecule has 2 aromatic rings. The van der Waals surface area contributed by atoms with Crippen LogP contribution in [0.2, 0.25) is 0 Å². The average molecular weight is 283 g/mol. The minimum Gasteiger partial charge on any atom is -0.481 e. The van der Waals surface area contributed by atoms with Gasteiger partial charge >= 0.3 is 5.97 Å². The number of carbonyl (C=O) groups is 1. The third-order valence-electron chi connectivity index (χ3n) is 4.17. The van der Waals surface area contributed by atoms with Crippen molar-refractivity contribution >= 4 is 5.97 Å². The van der Waals surface area contributed by atoms with Crippen molar-refractivity contribution in [1.29, 1.82) is 0 Å². The fourth-order valence-corrected chi connectivity index (χ4v) is 2.51. The Balaban J connectivity index is 2.34. The summed E-state index contributed by atoms with van der Waals surface area (Å²) < 4.78 is 0. The van der Waals surface area contributed by atoms with Crippen LogP contribution in [0.5, 0.6) is 0 Å². The molecule has 0 radical (unpaired) electrons. The summed E-state index contributed by atoms with van der Waals surface area (Å²) in [6.07, 6.45) is 0.0232. The number of carboxylic acids is 1. The predicted octanol–water partition coefficient (Wildman–Crippen LogP) is 3.43. The van der Waals surface area contributed by atoms with E-state index in [4.69, 9.17) is 10.8 Å². The summed E-state index contributed by atoms with van der Waals surface area (Å²) >= 11 is 0. The maximum absolute atomic E-state index is 11.1. The third-order valence-corrected chi connectivity index (χ3v) is 4.17. The molecule has 0 amide bonds. The van der Waals surface area contributed by atoms with E-state index >= 15 is 0 Å². The highest BCUT2D eigenvalue weighted by molar-refractivity contribution is 5.70. The highest BCUT2D eigenvalue weighted by Gasteiger charge is 2.33. The molecule has 3 N–H and O–H groups in total. The summed E-state index contributed by atoms with van der Waals surface area (Å²) in [4.78, 5) is 11.1. The summed E-state index contributed by atoms with van der Waals surface area (Å²) in [5.74, 6) is -0.832. The molecule has 2 unspecified atom stereocenters. The molecule has 0 saturated carbocycles. The lowest BCUT2D eigenvalue weighted by Crippen LogP contribution is -2.42. The number of nitrogens with two attached hydrogens (primary N) is 1. The zero-order valence-corrected chi connectivity index (χ0v) is 12.4. The fraction of sp³-hybridized carbons (Fsp3) is 0.278. The molecule has 0 bridgehead atoms. The number of aliphatic carboxylic acids is 1. The monoisotopic (exact) mass is 283 g/mol. The molecule has 0 aliphatic rings. The van der Waals surface area contributed by atoms with E-state index in [2.05, 4.69) is 12.1 Å². The van der Waals surface area contributed by atoms with Crippen molar-refractivity contribution in [2.75, 3.05) is 0 Å². The summed E-state index contributed by atoms with van der Waals surface area (Å²) in [5.41, 5.74) is 8.68. The Morgan fingerprint density at radius 3 is 2.10 bits per heavy atom. The van der Waals surface area contributed by atoms with Crippen LogP contribution < -0.4 is 5.73 Å². The number of rotatable bonds is 5. The van der Waals surface area contributed by atoms with Gasteiger partial charge in [-0.15, -0.1) is 0 Å². The van der Waals surface area contributed by atoms with Crippen LogP contribution in [0.4, 0.5) is 0 Å². The minimum absolute atomic E-state index is 0.0232. The second kappa shape index (κ2) is 6.10. The van der Waals surface area contributed by atoms with E-state index in [0.717, 1.165) is 16.7 Å². The van der Waals surface area contributed by atoms with Gasteiger partial charge in [0.05, 0.1) is 6.42 Å². The standard InChI is InChI=1S/C18H21NO2/c1-13(19)18(2,12-17(20)21)16-10-8-15(9-11-16)14-6-4-3-5-7-14/h3-11,13H,12,19H2,1-2H3,(H,20,21). The van der Waals surface area contributed by atoms with Gasteiger partial charge in [-0.1, -0.05) is 61.5 Å². The van der Waals surface area contributed by atoms with Crippen LogP contribution in [-0.4, -0.2) is 17.1 Å². The van der Waals surface area contributed by atoms with Crippen molar-refractivity contribution < 1.29 is 9.90 Å². The molecular weight excluding hydrogens is 262 g/mol. The second-order valence-electron chi connectivity index (χ2n) is 5.72. The Hall–Kier alpha value is -2.13. The van der Waals surface area contributed by atoms with Crippen molar-refractivity contribution in [3.8, 4) is 11.1 Å². The molecule has 110 valence electrons. The summed E-state index contributed by atoms with van der Waals surface area (Å²) in [6, 6.07) is 17.9. The summed E-state index contributed by atoms with van der Waals surface area (Å²) in [5, 5.41) is 9.14. The molecule has 3 heteroatoms. The normalized spacial score (nSPS) is 15.2. The Morgan fingerprint density at radius 2 is 1.62 bits per heavy atom. The van der Waals surface area contributed by atoms with Gasteiger partial charge in [0.2, 0.25) is 0 Å². The maximum atomic E-state index is 11.1. The Bertz CT molecular complexity index is 605. The van der Waals surface area contributed by atoms with E-state index in [-0.39, 0.29) is 12.5 Å². The van der Waals surface area contributed by atoms with Crippen LogP contribution in [0.3, 0.4) is 0 Å². The van der Waals surface area contributed by atoms with E-state index in [0.29, 0.717) is 0 Å². The largest absolute Gasteiger partial charge is 0.481 e. The van der Waals surface area contributed by atoms with Gasteiger partial charge in [-0.2, -0.15) is 0 Å². The Kier molecular flexibility index (Phi) is 4.43. The summed E-state index contributed by atoms with van der Waals surface area (Å²) in [6.45, 7) is 3.76. The molecular formula is C18H21NO2. The van der Waals surface area contributed by atoms with Gasteiger partial charge in [0.25, 0.3) is 0 Å². The van der Waals surface area contributed by atoms with E-state index < -0.39 is 11.4 Å². The molecule has 2 rings (SSSR count). The molecule has 0 fully saturated rings. The Morgan fingerprint density at radius 1 is 1.10 bits per heavy atom. The van der Waals surface area contributed by atoms with Crippen molar-refractivity contribution in [2.24, 2.45) is 5.73 Å². The van der Waals surface area contributed by atoms with Gasteiger partial charge in [-0.25, -0.2) is 0 Å². The molecule has 0 saturated heterocycles. The number of hydrogen-bond donors (Lipinski definition) is 2. The lowest BCUT2D eigenvalue weighted by Gasteiger charge is -2.32. The molecule has 0 aliphatic heterocycles. The first-order valence-corrected chi connectivity index (χ1v) is 7.07. The molecule has 2 atom stereocenters. The van der Waals surface area contributed by atoms with Gasteiger partial charge in [0, 0.05) is 11.5 Å². The number of carboxylic acid groups (broad SMARTS) is 1. The van der Waals surface area contributed by atoms with Crippen molar-refractivity contribution in [1.82, 2.24) is 0 Å². The second-order valence-corrected chi connectivity index (χ2v) is 5.72. The van der Waals surface area contributed by atoms with Crippen molar-refractivity contribution in [3.05, 3.63) is 60.2 Å². The van der Waals surface area contributed by atoms with Crippen LogP contribution in [0.1, 0.15) is 25.8 Å². The molecule has 21 heavy (non-hydrogen) atoms. The molecule has 0 aromatic heterocycles. The van der Waals surface area contributed by atoms with Crippen molar-refractivity contribution in [3.63, 3.8) is 0 Å². The molecule has 3 nitrogen and oxygen atoms in total. The minimum atomic E-state index is -0.832. The van der Waals surface area contributed by atoms with E-state index in [9.17, 15) is 4.79 Å². The van der Waals surface area contributed by atoms with Gasteiger partial charge < -0.3 is 10.8 Å². The summed E-state index contributed by atoms with van der Waals surface area (Å²) in [7, 11) is 0. The lowest BCUT2D eigenvalue weighted by atomic mass is 9.74. The van der Waals surface area contributed by atoms with E-state index in [1.165, 1.54) is 0 Å². The Labute approximate surface area is 125 Å². The van der Waals surface area contributed by atoms with Gasteiger partial charge in [-0.05, 0) is 23.6 Å². The first-order valence-electron chi connectivity index (χ1n) is 7.07. The SMILES string of the molecule is CC(N)C(C)(CC(=O)O)c1ccc(-c2ccccc2)cc1. The number of benzene rings is 2. The smallest absolute Gasteiger partial charge is 0.304 e. The molecule has 0 aliphatic carbocycles. The molecule has 2 aromatic carbocycles. The third kappa shape index (κ3) is 3.31. The van der Waals surface area contributed by atoms with Crippen LogP contribution in [0.25, 0.3) is 11.1 Å². The highest BCUT2D eigenvalue weighted by atomic mass is 16.4. The topological polar surface area (TPSA) is 63.3 Å². The van der Waals surface area contributed by atoms with Crippen LogP contribution in [0.15, 0.2) is 54.6 Å². The lowest BCUT2D eigenvalue weighted by molar-refractivity contribution is -0.138. The van der Waals surface area contributed by atoms with Gasteiger partial charge in [0.15, 0.2) is 0 Å². The highest BCUT2D eigenvalue weighted by Crippen LogP contribution is 2.32. The zero-order valence-electron chi connectivity index (χ0n) is 12.4. The maximum Gasteiger partial charge on any atom is 0.304 e. The zero-order chi connectivity index (χ0) is 15.5.